The van der Waals surface area contributed by atoms with Crippen molar-refractivity contribution in [2.45, 2.75) is 46.5 Å². The lowest BCUT2D eigenvalue weighted by Crippen LogP contribution is -2.36. The number of likely N-dealkylation sites (N-methyl/N-ethyl adjacent to an activating group) is 1. The Morgan fingerprint density at radius 3 is 2.44 bits per heavy atom. The smallest absolute Gasteiger partial charge is 0.0104 e. The van der Waals surface area contributed by atoms with Gasteiger partial charge >= 0.3 is 0 Å². The zero-order valence-corrected chi connectivity index (χ0v) is 11.7. The van der Waals surface area contributed by atoms with Gasteiger partial charge in [0, 0.05) is 19.6 Å². The normalized spacial score (nSPS) is 19.9. The van der Waals surface area contributed by atoms with Crippen molar-refractivity contribution in [3.63, 3.8) is 0 Å². The van der Waals surface area contributed by atoms with Crippen molar-refractivity contribution in [3.05, 3.63) is 0 Å². The fourth-order valence-corrected chi connectivity index (χ4v) is 2.78. The maximum Gasteiger partial charge on any atom is 0.0104 e. The maximum absolute atomic E-state index is 3.51. The van der Waals surface area contributed by atoms with E-state index in [0.717, 1.165) is 19.0 Å². The molecule has 0 saturated heterocycles. The van der Waals surface area contributed by atoms with Gasteiger partial charge in [0.25, 0.3) is 0 Å². The van der Waals surface area contributed by atoms with E-state index in [9.17, 15) is 0 Å². The molecule has 1 fully saturated rings. The molecule has 0 bridgehead atoms. The molecule has 1 rings (SSSR count). The molecular weight excluding hydrogens is 196 g/mol. The molecule has 0 aromatic heterocycles. The highest BCUT2D eigenvalue weighted by Crippen LogP contribution is 2.37. The Morgan fingerprint density at radius 1 is 1.25 bits per heavy atom. The van der Waals surface area contributed by atoms with Crippen LogP contribution in [0.15, 0.2) is 0 Å². The van der Waals surface area contributed by atoms with Crippen LogP contribution in [-0.4, -0.2) is 38.1 Å². The minimum absolute atomic E-state index is 0.604. The molecule has 1 saturated carbocycles. The van der Waals surface area contributed by atoms with E-state index in [1.54, 1.807) is 0 Å². The third-order valence-electron chi connectivity index (χ3n) is 3.69. The summed E-state index contributed by atoms with van der Waals surface area (Å²) in [6.07, 6.45) is 5.74. The molecular formula is C14H30N2. The first-order valence-electron chi connectivity index (χ1n) is 6.91. The lowest BCUT2D eigenvalue weighted by Gasteiger charge is -2.30. The van der Waals surface area contributed by atoms with Crippen molar-refractivity contribution < 1.29 is 0 Å². The molecule has 0 amide bonds. The van der Waals surface area contributed by atoms with Gasteiger partial charge in [-0.25, -0.2) is 0 Å². The molecule has 1 N–H and O–H groups in total. The van der Waals surface area contributed by atoms with Crippen molar-refractivity contribution in [1.29, 1.82) is 0 Å². The third-order valence-corrected chi connectivity index (χ3v) is 3.69. The summed E-state index contributed by atoms with van der Waals surface area (Å²) in [5.74, 6) is 0.762. The summed E-state index contributed by atoms with van der Waals surface area (Å²) in [7, 11) is 2.26. The first-order chi connectivity index (χ1) is 7.52. The standard InChI is InChI=1S/C14H30N2/c1-13(2)11-15-9-10-16(4)12-14(3)7-5-6-8-14/h13,15H,5-12H2,1-4H3. The number of nitrogens with zero attached hydrogens (tertiary/aromatic N) is 1. The van der Waals surface area contributed by atoms with Gasteiger partial charge in [-0.15, -0.1) is 0 Å². The molecule has 0 atom stereocenters. The Kier molecular flexibility index (Phi) is 5.77. The van der Waals surface area contributed by atoms with Gasteiger partial charge in [-0.05, 0) is 37.8 Å². The van der Waals surface area contributed by atoms with Gasteiger partial charge in [-0.1, -0.05) is 33.6 Å². The minimum Gasteiger partial charge on any atom is -0.315 e. The van der Waals surface area contributed by atoms with Crippen molar-refractivity contribution in [2.24, 2.45) is 11.3 Å². The summed E-state index contributed by atoms with van der Waals surface area (Å²) < 4.78 is 0. The molecule has 1 aliphatic carbocycles. The molecule has 96 valence electrons. The van der Waals surface area contributed by atoms with Crippen LogP contribution < -0.4 is 5.32 Å². The first kappa shape index (κ1) is 14.0. The van der Waals surface area contributed by atoms with Crippen molar-refractivity contribution in [1.82, 2.24) is 10.2 Å². The molecule has 0 heterocycles. The average Bonchev–Trinajstić information content (AvgIpc) is 2.59. The van der Waals surface area contributed by atoms with Gasteiger partial charge in [-0.3, -0.25) is 0 Å². The number of rotatable bonds is 7. The van der Waals surface area contributed by atoms with Crippen LogP contribution in [0, 0.1) is 11.3 Å². The van der Waals surface area contributed by atoms with E-state index in [1.807, 2.05) is 0 Å². The van der Waals surface area contributed by atoms with Crippen LogP contribution in [0.4, 0.5) is 0 Å². The van der Waals surface area contributed by atoms with E-state index in [2.05, 4.69) is 38.0 Å². The molecule has 0 aromatic rings. The summed E-state index contributed by atoms with van der Waals surface area (Å²) in [4.78, 5) is 2.50. The van der Waals surface area contributed by atoms with E-state index >= 15 is 0 Å². The summed E-state index contributed by atoms with van der Waals surface area (Å²) in [5, 5.41) is 3.51. The van der Waals surface area contributed by atoms with E-state index in [-0.39, 0.29) is 0 Å². The van der Waals surface area contributed by atoms with E-state index in [1.165, 1.54) is 38.8 Å². The van der Waals surface area contributed by atoms with Crippen LogP contribution in [0.1, 0.15) is 46.5 Å². The van der Waals surface area contributed by atoms with Crippen molar-refractivity contribution >= 4 is 0 Å². The first-order valence-corrected chi connectivity index (χ1v) is 6.91. The summed E-state index contributed by atoms with van der Waals surface area (Å²) in [5.41, 5.74) is 0.604. The van der Waals surface area contributed by atoms with Crippen LogP contribution in [-0.2, 0) is 0 Å². The van der Waals surface area contributed by atoms with Crippen LogP contribution >= 0.6 is 0 Å². The minimum atomic E-state index is 0.604. The summed E-state index contributed by atoms with van der Waals surface area (Å²) >= 11 is 0. The lowest BCUT2D eigenvalue weighted by atomic mass is 9.88. The van der Waals surface area contributed by atoms with Gasteiger partial charge in [0.05, 0.1) is 0 Å². The quantitative estimate of drug-likeness (QED) is 0.672. The summed E-state index contributed by atoms with van der Waals surface area (Å²) in [6.45, 7) is 11.7. The largest absolute Gasteiger partial charge is 0.315 e. The Morgan fingerprint density at radius 2 is 1.88 bits per heavy atom. The monoisotopic (exact) mass is 226 g/mol. The predicted octanol–water partition coefficient (Wildman–Crippen LogP) is 2.74. The highest BCUT2D eigenvalue weighted by molar-refractivity contribution is 4.82. The van der Waals surface area contributed by atoms with Crippen LogP contribution in [0.25, 0.3) is 0 Å². The van der Waals surface area contributed by atoms with Gasteiger partial charge in [0.1, 0.15) is 0 Å². The molecule has 2 nitrogen and oxygen atoms in total. The molecule has 1 aliphatic rings. The highest BCUT2D eigenvalue weighted by atomic mass is 15.1. The zero-order valence-electron chi connectivity index (χ0n) is 11.7. The Labute approximate surface area is 102 Å². The predicted molar refractivity (Wildman–Crippen MR) is 71.8 cm³/mol. The van der Waals surface area contributed by atoms with Gasteiger partial charge in [0.15, 0.2) is 0 Å². The second kappa shape index (κ2) is 6.61. The number of hydrogen-bond acceptors (Lipinski definition) is 2. The van der Waals surface area contributed by atoms with E-state index in [0.29, 0.717) is 5.41 Å². The molecule has 0 unspecified atom stereocenters. The number of hydrogen-bond donors (Lipinski definition) is 1. The molecule has 0 spiro atoms. The molecule has 0 radical (unpaired) electrons. The van der Waals surface area contributed by atoms with Gasteiger partial charge in [0.2, 0.25) is 0 Å². The second-order valence-corrected chi connectivity index (χ2v) is 6.35. The molecule has 0 aromatic carbocycles. The Balaban J connectivity index is 2.08. The van der Waals surface area contributed by atoms with Gasteiger partial charge in [-0.2, -0.15) is 0 Å². The zero-order chi connectivity index (χ0) is 12.0. The number of nitrogens with one attached hydrogen (secondary N) is 1. The van der Waals surface area contributed by atoms with E-state index < -0.39 is 0 Å². The topological polar surface area (TPSA) is 15.3 Å². The van der Waals surface area contributed by atoms with Crippen LogP contribution in [0.5, 0.6) is 0 Å². The lowest BCUT2D eigenvalue weighted by molar-refractivity contribution is 0.196. The Bertz CT molecular complexity index is 183. The fourth-order valence-electron chi connectivity index (χ4n) is 2.78. The van der Waals surface area contributed by atoms with Crippen molar-refractivity contribution in [3.8, 4) is 0 Å². The van der Waals surface area contributed by atoms with Gasteiger partial charge < -0.3 is 10.2 Å². The molecule has 16 heavy (non-hydrogen) atoms. The highest BCUT2D eigenvalue weighted by Gasteiger charge is 2.29. The average molecular weight is 226 g/mol. The SMILES string of the molecule is CC(C)CNCCN(C)CC1(C)CCCC1. The fraction of sp³-hybridized carbons (Fsp3) is 1.00. The van der Waals surface area contributed by atoms with E-state index in [4.69, 9.17) is 0 Å². The summed E-state index contributed by atoms with van der Waals surface area (Å²) in [6, 6.07) is 0. The molecule has 2 heteroatoms. The van der Waals surface area contributed by atoms with Crippen LogP contribution in [0.3, 0.4) is 0 Å². The maximum atomic E-state index is 3.51. The van der Waals surface area contributed by atoms with Crippen molar-refractivity contribution in [2.75, 3.05) is 33.2 Å². The second-order valence-electron chi connectivity index (χ2n) is 6.35. The Hall–Kier alpha value is -0.0800. The van der Waals surface area contributed by atoms with Crippen LogP contribution in [0.2, 0.25) is 0 Å². The molecule has 0 aliphatic heterocycles. The third kappa shape index (κ3) is 5.31.